The van der Waals surface area contributed by atoms with Gasteiger partial charge in [-0.05, 0) is 30.5 Å². The van der Waals surface area contributed by atoms with E-state index in [4.69, 9.17) is 4.42 Å². The number of rotatable bonds is 9. The maximum atomic E-state index is 12.5. The molecule has 1 atom stereocenters. The van der Waals surface area contributed by atoms with E-state index in [1.807, 2.05) is 61.5 Å². The predicted octanol–water partition coefficient (Wildman–Crippen LogP) is 4.88. The molecule has 0 bridgehead atoms. The van der Waals surface area contributed by atoms with E-state index in [0.717, 1.165) is 12.0 Å². The number of oxazole rings is 1. The molecule has 1 aromatic heterocycles. The van der Waals surface area contributed by atoms with Crippen molar-refractivity contribution in [2.24, 2.45) is 5.92 Å². The Labute approximate surface area is 183 Å². The first kappa shape index (κ1) is 22.3. The van der Waals surface area contributed by atoms with Crippen molar-refractivity contribution in [1.82, 2.24) is 10.3 Å². The third-order valence-corrected chi connectivity index (χ3v) is 5.22. The van der Waals surface area contributed by atoms with Crippen molar-refractivity contribution in [2.75, 3.05) is 5.32 Å². The predicted molar refractivity (Wildman–Crippen MR) is 121 cm³/mol. The Morgan fingerprint density at radius 1 is 1.03 bits per heavy atom. The van der Waals surface area contributed by atoms with Crippen LogP contribution in [-0.4, -0.2) is 16.8 Å². The van der Waals surface area contributed by atoms with Gasteiger partial charge < -0.3 is 15.1 Å². The average Bonchev–Trinajstić information content (AvgIpc) is 3.13. The van der Waals surface area contributed by atoms with Gasteiger partial charge in [-0.1, -0.05) is 62.7 Å². The number of nitrogens with one attached hydrogen (secondary N) is 2. The highest BCUT2D eigenvalue weighted by molar-refractivity contribution is 5.95. The molecule has 0 saturated carbocycles. The van der Waals surface area contributed by atoms with Gasteiger partial charge in [-0.2, -0.15) is 0 Å². The van der Waals surface area contributed by atoms with Crippen LogP contribution in [0.4, 0.5) is 5.69 Å². The molecule has 3 rings (SSSR count). The van der Waals surface area contributed by atoms with Gasteiger partial charge in [-0.3, -0.25) is 9.59 Å². The molecular weight excluding hydrogens is 390 g/mol. The number of carbonyl (C=O) groups is 2. The first-order valence-electron chi connectivity index (χ1n) is 10.6. The third-order valence-electron chi connectivity index (χ3n) is 5.22. The van der Waals surface area contributed by atoms with E-state index in [9.17, 15) is 9.59 Å². The van der Waals surface area contributed by atoms with Gasteiger partial charge in [0.05, 0.1) is 24.2 Å². The zero-order valence-electron chi connectivity index (χ0n) is 18.3. The maximum absolute atomic E-state index is 12.5. The van der Waals surface area contributed by atoms with Crippen molar-refractivity contribution in [1.29, 1.82) is 0 Å². The van der Waals surface area contributed by atoms with Gasteiger partial charge in [0.25, 0.3) is 0 Å². The molecule has 0 radical (unpaired) electrons. The van der Waals surface area contributed by atoms with E-state index in [1.165, 1.54) is 0 Å². The zero-order chi connectivity index (χ0) is 22.2. The molecule has 1 heterocycles. The van der Waals surface area contributed by atoms with Gasteiger partial charge >= 0.3 is 0 Å². The second kappa shape index (κ2) is 10.6. The molecule has 2 aromatic carbocycles. The molecular formula is C25H29N3O3. The Balaban J connectivity index is 1.70. The largest absolute Gasteiger partial charge is 0.441 e. The summed E-state index contributed by atoms with van der Waals surface area (Å²) in [6.45, 7) is 6.26. The molecule has 2 amide bonds. The third kappa shape index (κ3) is 6.28. The number of amides is 2. The first-order chi connectivity index (χ1) is 15.0. The second-order valence-electron chi connectivity index (χ2n) is 7.77. The maximum Gasteiger partial charge on any atom is 0.228 e. The summed E-state index contributed by atoms with van der Waals surface area (Å²) in [7, 11) is 0. The summed E-state index contributed by atoms with van der Waals surface area (Å²) in [6.07, 6.45) is 1.75. The van der Waals surface area contributed by atoms with Gasteiger partial charge in [0.1, 0.15) is 11.5 Å². The van der Waals surface area contributed by atoms with Gasteiger partial charge in [-0.15, -0.1) is 0 Å². The molecule has 6 nitrogen and oxygen atoms in total. The number of para-hydroxylation sites is 1. The normalized spacial score (nSPS) is 11.7. The second-order valence-corrected chi connectivity index (χ2v) is 7.77. The van der Waals surface area contributed by atoms with Crippen LogP contribution in [0, 0.1) is 12.8 Å². The van der Waals surface area contributed by atoms with Gasteiger partial charge in [0.2, 0.25) is 17.7 Å². The number of hydrogen-bond donors (Lipinski definition) is 2. The summed E-state index contributed by atoms with van der Waals surface area (Å²) in [5.41, 5.74) is 2.96. The van der Waals surface area contributed by atoms with Crippen molar-refractivity contribution in [2.45, 2.75) is 46.6 Å². The fourth-order valence-corrected chi connectivity index (χ4v) is 3.18. The van der Waals surface area contributed by atoms with E-state index in [1.54, 1.807) is 0 Å². The first-order valence-corrected chi connectivity index (χ1v) is 10.6. The lowest BCUT2D eigenvalue weighted by molar-refractivity contribution is -0.122. The molecule has 0 saturated heterocycles. The smallest absolute Gasteiger partial charge is 0.228 e. The van der Waals surface area contributed by atoms with Crippen LogP contribution in [0.2, 0.25) is 0 Å². The Morgan fingerprint density at radius 3 is 2.48 bits per heavy atom. The fourth-order valence-electron chi connectivity index (χ4n) is 3.18. The van der Waals surface area contributed by atoms with Crippen LogP contribution in [0.1, 0.15) is 43.7 Å². The lowest BCUT2D eigenvalue weighted by Gasteiger charge is -2.09. The van der Waals surface area contributed by atoms with E-state index < -0.39 is 0 Å². The Kier molecular flexibility index (Phi) is 7.60. The highest BCUT2D eigenvalue weighted by Gasteiger charge is 2.17. The van der Waals surface area contributed by atoms with Crippen LogP contribution in [0.15, 0.2) is 59.0 Å². The minimum Gasteiger partial charge on any atom is -0.441 e. The highest BCUT2D eigenvalue weighted by Crippen LogP contribution is 2.29. The Bertz CT molecular complexity index is 1030. The molecule has 0 unspecified atom stereocenters. The number of anilines is 1. The topological polar surface area (TPSA) is 84.2 Å². The van der Waals surface area contributed by atoms with Crippen LogP contribution >= 0.6 is 0 Å². The van der Waals surface area contributed by atoms with Crippen molar-refractivity contribution in [3.05, 3.63) is 71.6 Å². The molecule has 0 spiro atoms. The van der Waals surface area contributed by atoms with Crippen molar-refractivity contribution in [3.63, 3.8) is 0 Å². The number of nitrogens with zero attached hydrogens (tertiary/aromatic N) is 1. The number of aromatic nitrogens is 1. The molecule has 162 valence electrons. The monoisotopic (exact) mass is 419 g/mol. The Morgan fingerprint density at radius 2 is 1.74 bits per heavy atom. The van der Waals surface area contributed by atoms with Crippen LogP contribution < -0.4 is 10.6 Å². The van der Waals surface area contributed by atoms with Crippen LogP contribution in [0.25, 0.3) is 11.5 Å². The van der Waals surface area contributed by atoms with Crippen molar-refractivity contribution in [3.8, 4) is 11.5 Å². The molecule has 0 aliphatic rings. The summed E-state index contributed by atoms with van der Waals surface area (Å²) in [6, 6.07) is 17.0. The van der Waals surface area contributed by atoms with Gasteiger partial charge in [0, 0.05) is 6.42 Å². The lowest BCUT2D eigenvalue weighted by Crippen LogP contribution is -2.24. The number of hydrogen-bond acceptors (Lipinski definition) is 4. The number of carbonyl (C=O) groups excluding carboxylic acids is 2. The van der Waals surface area contributed by atoms with Gasteiger partial charge in [0.15, 0.2) is 0 Å². The van der Waals surface area contributed by atoms with Gasteiger partial charge in [-0.25, -0.2) is 4.98 Å². The minimum absolute atomic E-state index is 0.00637. The molecule has 0 aliphatic heterocycles. The quantitative estimate of drug-likeness (QED) is 0.517. The molecule has 0 fully saturated rings. The van der Waals surface area contributed by atoms with E-state index in [-0.39, 0.29) is 18.2 Å². The van der Waals surface area contributed by atoms with Crippen molar-refractivity contribution < 1.29 is 14.0 Å². The molecule has 31 heavy (non-hydrogen) atoms. The summed E-state index contributed by atoms with van der Waals surface area (Å²) < 4.78 is 5.86. The van der Waals surface area contributed by atoms with Crippen molar-refractivity contribution >= 4 is 17.5 Å². The van der Waals surface area contributed by atoms with E-state index in [2.05, 4.69) is 29.5 Å². The molecule has 3 aromatic rings. The fraction of sp³-hybridized carbons (Fsp3) is 0.320. The highest BCUT2D eigenvalue weighted by atomic mass is 16.4. The lowest BCUT2D eigenvalue weighted by atomic mass is 10.1. The van der Waals surface area contributed by atoms with E-state index in [0.29, 0.717) is 47.5 Å². The van der Waals surface area contributed by atoms with E-state index >= 15 is 0 Å². The van der Waals surface area contributed by atoms with Crippen LogP contribution in [0.3, 0.4) is 0 Å². The summed E-state index contributed by atoms with van der Waals surface area (Å²) in [5, 5.41) is 5.87. The molecule has 0 aliphatic carbocycles. The average molecular weight is 420 g/mol. The molecule has 2 N–H and O–H groups in total. The SMILES string of the molecule is CC[C@@H](C)CC(=O)NCc1nc(-c2ccccc2NC(=O)Cc2ccccc2)oc1C. The number of aryl methyl sites for hydroxylation is 1. The van der Waals surface area contributed by atoms with Crippen LogP contribution in [0.5, 0.6) is 0 Å². The standard InChI is InChI=1S/C25H29N3O3/c1-4-17(2)14-23(29)26-16-22-18(3)31-25(28-22)20-12-8-9-13-21(20)27-24(30)15-19-10-6-5-7-11-19/h5-13,17H,4,14-16H2,1-3H3,(H,26,29)(H,27,30)/t17-/m1/s1. The number of benzene rings is 2. The Hall–Kier alpha value is -3.41. The summed E-state index contributed by atoms with van der Waals surface area (Å²) in [5.74, 6) is 1.30. The minimum atomic E-state index is -0.112. The summed E-state index contributed by atoms with van der Waals surface area (Å²) >= 11 is 0. The summed E-state index contributed by atoms with van der Waals surface area (Å²) in [4.78, 5) is 29.2. The zero-order valence-corrected chi connectivity index (χ0v) is 18.3. The molecule has 6 heteroatoms. The van der Waals surface area contributed by atoms with Crippen LogP contribution in [-0.2, 0) is 22.6 Å².